The first-order valence-electron chi connectivity index (χ1n) is 4.64. The van der Waals surface area contributed by atoms with Crippen molar-refractivity contribution in [2.45, 2.75) is 19.9 Å². The van der Waals surface area contributed by atoms with Crippen LogP contribution in [-0.4, -0.2) is 0 Å². The molecule has 0 saturated carbocycles. The Kier molecular flexibility index (Phi) is 3.00. The SMILES string of the molecule is Cc1cc(C(N)c2cc(Br)sc2C)co1. The number of thiophene rings is 1. The Balaban J connectivity index is 2.35. The van der Waals surface area contributed by atoms with E-state index in [-0.39, 0.29) is 6.04 Å². The van der Waals surface area contributed by atoms with E-state index in [4.69, 9.17) is 10.2 Å². The van der Waals surface area contributed by atoms with Crippen molar-refractivity contribution in [2.75, 3.05) is 0 Å². The molecule has 1 unspecified atom stereocenters. The molecule has 0 aliphatic carbocycles. The summed E-state index contributed by atoms with van der Waals surface area (Å²) >= 11 is 5.17. The second-order valence-electron chi connectivity index (χ2n) is 3.53. The fraction of sp³-hybridized carbons (Fsp3) is 0.273. The van der Waals surface area contributed by atoms with Crippen LogP contribution in [0.15, 0.2) is 26.6 Å². The van der Waals surface area contributed by atoms with Gasteiger partial charge in [0, 0.05) is 10.4 Å². The van der Waals surface area contributed by atoms with Crippen LogP contribution in [-0.2, 0) is 0 Å². The molecule has 0 amide bonds. The van der Waals surface area contributed by atoms with Gasteiger partial charge in [-0.15, -0.1) is 11.3 Å². The predicted molar refractivity (Wildman–Crippen MR) is 66.2 cm³/mol. The van der Waals surface area contributed by atoms with Crippen molar-refractivity contribution in [1.29, 1.82) is 0 Å². The molecule has 2 aromatic rings. The van der Waals surface area contributed by atoms with Crippen LogP contribution in [0.25, 0.3) is 0 Å². The van der Waals surface area contributed by atoms with Gasteiger partial charge in [-0.05, 0) is 47.5 Å². The summed E-state index contributed by atoms with van der Waals surface area (Å²) in [6.07, 6.45) is 1.73. The fourth-order valence-electron chi connectivity index (χ4n) is 1.57. The van der Waals surface area contributed by atoms with Gasteiger partial charge >= 0.3 is 0 Å². The van der Waals surface area contributed by atoms with Crippen molar-refractivity contribution in [3.05, 3.63) is 43.9 Å². The highest BCUT2D eigenvalue weighted by atomic mass is 79.9. The summed E-state index contributed by atoms with van der Waals surface area (Å²) in [6.45, 7) is 4.00. The zero-order chi connectivity index (χ0) is 11.0. The molecule has 0 saturated heterocycles. The van der Waals surface area contributed by atoms with Crippen molar-refractivity contribution < 1.29 is 4.42 Å². The number of hydrogen-bond acceptors (Lipinski definition) is 3. The molecular weight excluding hydrogens is 274 g/mol. The Morgan fingerprint density at radius 3 is 2.60 bits per heavy atom. The molecule has 0 radical (unpaired) electrons. The average Bonchev–Trinajstić information content (AvgIpc) is 2.71. The first kappa shape index (κ1) is 10.9. The molecule has 0 fully saturated rings. The Hall–Kier alpha value is -0.580. The van der Waals surface area contributed by atoms with Crippen molar-refractivity contribution in [2.24, 2.45) is 5.73 Å². The second kappa shape index (κ2) is 4.12. The number of furan rings is 1. The van der Waals surface area contributed by atoms with Crippen LogP contribution in [0.2, 0.25) is 0 Å². The summed E-state index contributed by atoms with van der Waals surface area (Å²) in [7, 11) is 0. The van der Waals surface area contributed by atoms with E-state index in [1.807, 2.05) is 13.0 Å². The molecule has 0 aliphatic rings. The third kappa shape index (κ3) is 2.17. The number of halogens is 1. The topological polar surface area (TPSA) is 39.2 Å². The van der Waals surface area contributed by atoms with Gasteiger partial charge in [-0.25, -0.2) is 0 Å². The first-order valence-corrected chi connectivity index (χ1v) is 6.25. The minimum absolute atomic E-state index is 0.0926. The molecule has 2 nitrogen and oxygen atoms in total. The first-order chi connectivity index (χ1) is 7.08. The molecule has 2 aromatic heterocycles. The molecule has 80 valence electrons. The van der Waals surface area contributed by atoms with Crippen molar-refractivity contribution in [3.8, 4) is 0 Å². The highest BCUT2D eigenvalue weighted by Crippen LogP contribution is 2.32. The Morgan fingerprint density at radius 2 is 2.13 bits per heavy atom. The summed E-state index contributed by atoms with van der Waals surface area (Å²) < 4.78 is 6.38. The van der Waals surface area contributed by atoms with Crippen LogP contribution in [0.3, 0.4) is 0 Å². The van der Waals surface area contributed by atoms with Gasteiger partial charge in [0.15, 0.2) is 0 Å². The zero-order valence-corrected chi connectivity index (χ0v) is 11.0. The number of rotatable bonds is 2. The molecule has 2 rings (SSSR count). The lowest BCUT2D eigenvalue weighted by Crippen LogP contribution is -2.10. The van der Waals surface area contributed by atoms with Gasteiger partial charge in [-0.1, -0.05) is 0 Å². The normalized spacial score (nSPS) is 13.1. The smallest absolute Gasteiger partial charge is 0.101 e. The van der Waals surface area contributed by atoms with Gasteiger partial charge in [0.05, 0.1) is 16.1 Å². The standard InChI is InChI=1S/C11H12BrNOS/c1-6-3-8(5-14-6)11(13)9-4-10(12)15-7(9)2/h3-5,11H,13H2,1-2H3. The number of aryl methyl sites for hydroxylation is 2. The van der Waals surface area contributed by atoms with Gasteiger partial charge in [0.1, 0.15) is 5.76 Å². The Morgan fingerprint density at radius 1 is 1.40 bits per heavy atom. The van der Waals surface area contributed by atoms with Gasteiger partial charge in [-0.3, -0.25) is 0 Å². The van der Waals surface area contributed by atoms with Gasteiger partial charge in [0.2, 0.25) is 0 Å². The lowest BCUT2D eigenvalue weighted by molar-refractivity contribution is 0.530. The summed E-state index contributed by atoms with van der Waals surface area (Å²) in [5.74, 6) is 0.896. The van der Waals surface area contributed by atoms with Crippen molar-refractivity contribution in [1.82, 2.24) is 0 Å². The molecule has 1 atom stereocenters. The van der Waals surface area contributed by atoms with Gasteiger partial charge in [-0.2, -0.15) is 0 Å². The van der Waals surface area contributed by atoms with E-state index < -0.39 is 0 Å². The van der Waals surface area contributed by atoms with Crippen LogP contribution in [0, 0.1) is 13.8 Å². The summed E-state index contributed by atoms with van der Waals surface area (Å²) in [5, 5.41) is 0. The lowest BCUT2D eigenvalue weighted by Gasteiger charge is -2.08. The van der Waals surface area contributed by atoms with E-state index in [0.717, 1.165) is 20.7 Å². The van der Waals surface area contributed by atoms with E-state index in [1.54, 1.807) is 17.6 Å². The van der Waals surface area contributed by atoms with E-state index in [0.29, 0.717) is 0 Å². The zero-order valence-electron chi connectivity index (χ0n) is 8.58. The minimum Gasteiger partial charge on any atom is -0.469 e. The number of hydrogen-bond donors (Lipinski definition) is 1. The van der Waals surface area contributed by atoms with Crippen molar-refractivity contribution >= 4 is 27.3 Å². The molecule has 15 heavy (non-hydrogen) atoms. The maximum Gasteiger partial charge on any atom is 0.101 e. The highest BCUT2D eigenvalue weighted by Gasteiger charge is 2.15. The third-order valence-corrected chi connectivity index (χ3v) is 3.94. The van der Waals surface area contributed by atoms with Gasteiger partial charge in [0.25, 0.3) is 0 Å². The van der Waals surface area contributed by atoms with Crippen LogP contribution < -0.4 is 5.73 Å². The molecule has 0 spiro atoms. The quantitative estimate of drug-likeness (QED) is 0.912. The molecule has 4 heteroatoms. The molecule has 0 bridgehead atoms. The molecule has 2 N–H and O–H groups in total. The van der Waals surface area contributed by atoms with Crippen LogP contribution in [0.4, 0.5) is 0 Å². The summed E-state index contributed by atoms with van der Waals surface area (Å²) in [5.41, 5.74) is 8.36. The molecule has 0 aliphatic heterocycles. The maximum atomic E-state index is 6.17. The van der Waals surface area contributed by atoms with E-state index in [2.05, 4.69) is 28.9 Å². The molecule has 0 aromatic carbocycles. The fourth-order valence-corrected chi connectivity index (χ4v) is 3.33. The largest absolute Gasteiger partial charge is 0.469 e. The summed E-state index contributed by atoms with van der Waals surface area (Å²) in [6, 6.07) is 3.97. The van der Waals surface area contributed by atoms with Gasteiger partial charge < -0.3 is 10.2 Å². The van der Waals surface area contributed by atoms with Crippen LogP contribution in [0.1, 0.15) is 27.8 Å². The predicted octanol–water partition coefficient (Wildman–Crippen LogP) is 3.77. The number of nitrogens with two attached hydrogens (primary N) is 1. The highest BCUT2D eigenvalue weighted by molar-refractivity contribution is 9.11. The third-order valence-electron chi connectivity index (χ3n) is 2.37. The lowest BCUT2D eigenvalue weighted by atomic mass is 10.0. The maximum absolute atomic E-state index is 6.17. The van der Waals surface area contributed by atoms with E-state index >= 15 is 0 Å². The molecule has 2 heterocycles. The Labute approximate surface area is 101 Å². The van der Waals surface area contributed by atoms with E-state index in [9.17, 15) is 0 Å². The average molecular weight is 286 g/mol. The van der Waals surface area contributed by atoms with Crippen LogP contribution >= 0.6 is 27.3 Å². The minimum atomic E-state index is -0.0926. The second-order valence-corrected chi connectivity index (χ2v) is 6.17. The molecular formula is C11H12BrNOS. The van der Waals surface area contributed by atoms with E-state index in [1.165, 1.54) is 4.88 Å². The summed E-state index contributed by atoms with van der Waals surface area (Å²) in [4.78, 5) is 1.24. The van der Waals surface area contributed by atoms with Crippen molar-refractivity contribution in [3.63, 3.8) is 0 Å². The van der Waals surface area contributed by atoms with Crippen LogP contribution in [0.5, 0.6) is 0 Å². The monoisotopic (exact) mass is 285 g/mol. The Bertz CT molecular complexity index is 475.